The molecular weight excluding hydrogens is 512 g/mol. The van der Waals surface area contributed by atoms with Crippen molar-refractivity contribution < 1.29 is 33.6 Å². The SMILES string of the molecule is COc1c(CC(O)C2=C(C)C[C@H]3OC(C)(C)OC[C@@]3(C)[C@@]2(C)CC(=O)O)ccc(C)c1O[Si](C)(C)C(C)(C)C. The van der Waals surface area contributed by atoms with Gasteiger partial charge in [0.15, 0.2) is 11.5 Å². The van der Waals surface area contributed by atoms with Gasteiger partial charge in [-0.15, -0.1) is 0 Å². The minimum absolute atomic E-state index is 0.00727. The highest BCUT2D eigenvalue weighted by Crippen LogP contribution is 2.60. The van der Waals surface area contributed by atoms with Crippen molar-refractivity contribution >= 4 is 14.3 Å². The number of aliphatic hydroxyl groups is 1. The summed E-state index contributed by atoms with van der Waals surface area (Å²) in [6.07, 6.45) is -0.399. The molecule has 0 spiro atoms. The number of benzene rings is 1. The van der Waals surface area contributed by atoms with Crippen LogP contribution in [0.25, 0.3) is 0 Å². The van der Waals surface area contributed by atoms with E-state index in [4.69, 9.17) is 18.6 Å². The van der Waals surface area contributed by atoms with Gasteiger partial charge in [-0.1, -0.05) is 52.3 Å². The Morgan fingerprint density at radius 2 is 1.77 bits per heavy atom. The van der Waals surface area contributed by atoms with Gasteiger partial charge in [-0.25, -0.2) is 0 Å². The second-order valence-corrected chi connectivity index (χ2v) is 18.7. The summed E-state index contributed by atoms with van der Waals surface area (Å²) in [5.41, 5.74) is 2.01. The van der Waals surface area contributed by atoms with E-state index in [1.165, 1.54) is 0 Å². The zero-order valence-corrected chi connectivity index (χ0v) is 27.1. The summed E-state index contributed by atoms with van der Waals surface area (Å²) < 4.78 is 25.1. The normalized spacial score (nSPS) is 28.1. The number of carboxylic acid groups (broad SMARTS) is 1. The molecule has 1 heterocycles. The quantitative estimate of drug-likeness (QED) is 0.271. The summed E-state index contributed by atoms with van der Waals surface area (Å²) in [5.74, 6) is -0.317. The van der Waals surface area contributed by atoms with Crippen molar-refractivity contribution in [1.29, 1.82) is 0 Å². The maximum absolute atomic E-state index is 12.2. The molecule has 7 nitrogen and oxygen atoms in total. The number of carbonyl (C=O) groups is 1. The Kier molecular flexibility index (Phi) is 8.53. The Morgan fingerprint density at radius 3 is 2.31 bits per heavy atom. The number of ether oxygens (including phenoxy) is 3. The molecule has 220 valence electrons. The Balaban J connectivity index is 2.07. The number of hydrogen-bond acceptors (Lipinski definition) is 6. The van der Waals surface area contributed by atoms with Crippen LogP contribution in [0.1, 0.15) is 79.4 Å². The van der Waals surface area contributed by atoms with Gasteiger partial charge in [-0.2, -0.15) is 0 Å². The maximum Gasteiger partial charge on any atom is 0.304 e. The highest BCUT2D eigenvalue weighted by atomic mass is 28.4. The summed E-state index contributed by atoms with van der Waals surface area (Å²) in [4.78, 5) is 12.2. The molecule has 0 bridgehead atoms. The molecule has 3 rings (SSSR count). The monoisotopic (exact) mass is 562 g/mol. The van der Waals surface area contributed by atoms with Crippen LogP contribution in [0, 0.1) is 17.8 Å². The molecule has 1 unspecified atom stereocenters. The van der Waals surface area contributed by atoms with E-state index >= 15 is 0 Å². The second kappa shape index (κ2) is 10.5. The molecule has 0 radical (unpaired) electrons. The fourth-order valence-corrected chi connectivity index (χ4v) is 7.13. The van der Waals surface area contributed by atoms with Crippen LogP contribution in [0.4, 0.5) is 0 Å². The van der Waals surface area contributed by atoms with E-state index in [1.807, 2.05) is 53.7 Å². The zero-order chi connectivity index (χ0) is 29.8. The van der Waals surface area contributed by atoms with Crippen molar-refractivity contribution in [2.45, 2.75) is 118 Å². The first-order chi connectivity index (χ1) is 17.7. The van der Waals surface area contributed by atoms with Crippen molar-refractivity contribution in [1.82, 2.24) is 0 Å². The Hall–Kier alpha value is -1.87. The number of carboxylic acids is 1. The standard InChI is InChI=1S/C31H50O7Si/c1-19-13-14-21(27(35-10)26(19)38-39(11,12)28(3,4)5)16-22(32)25-20(2)15-23-31(9,18-36-29(6,7)37-23)30(25,8)17-24(33)34/h13-14,22-23,32H,15-18H2,1-12H3,(H,33,34)/t22?,23-,30+,31-/m1/s1. The van der Waals surface area contributed by atoms with E-state index in [1.54, 1.807) is 7.11 Å². The number of hydrogen-bond donors (Lipinski definition) is 2. The van der Waals surface area contributed by atoms with E-state index < -0.39 is 37.0 Å². The first kappa shape index (κ1) is 31.7. The lowest BCUT2D eigenvalue weighted by molar-refractivity contribution is -0.333. The van der Waals surface area contributed by atoms with Gasteiger partial charge in [0.2, 0.25) is 0 Å². The fourth-order valence-electron chi connectivity index (χ4n) is 6.06. The van der Waals surface area contributed by atoms with Gasteiger partial charge in [0.1, 0.15) is 5.75 Å². The van der Waals surface area contributed by atoms with Crippen LogP contribution in [0.2, 0.25) is 18.1 Å². The molecule has 1 aliphatic carbocycles. The Morgan fingerprint density at radius 1 is 1.15 bits per heavy atom. The topological polar surface area (TPSA) is 94.5 Å². The van der Waals surface area contributed by atoms with E-state index in [-0.39, 0.29) is 24.0 Å². The second-order valence-electron chi connectivity index (χ2n) is 14.0. The number of aliphatic carboxylic acids is 1. The van der Waals surface area contributed by atoms with Gasteiger partial charge >= 0.3 is 5.97 Å². The molecule has 4 atom stereocenters. The van der Waals surface area contributed by atoms with Gasteiger partial charge in [0.25, 0.3) is 8.32 Å². The molecule has 1 saturated heterocycles. The molecule has 1 aromatic rings. The van der Waals surface area contributed by atoms with Crippen LogP contribution in [-0.4, -0.2) is 56.2 Å². The number of aliphatic hydroxyl groups excluding tert-OH is 1. The highest BCUT2D eigenvalue weighted by Gasteiger charge is 2.60. The summed E-state index contributed by atoms with van der Waals surface area (Å²) >= 11 is 0. The van der Waals surface area contributed by atoms with Crippen molar-refractivity contribution in [2.24, 2.45) is 10.8 Å². The van der Waals surface area contributed by atoms with Crippen LogP contribution in [-0.2, 0) is 20.7 Å². The predicted octanol–water partition coefficient (Wildman–Crippen LogP) is 6.65. The average Bonchev–Trinajstić information content (AvgIpc) is 2.76. The summed E-state index contributed by atoms with van der Waals surface area (Å²) in [7, 11) is -0.527. The minimum atomic E-state index is -2.16. The van der Waals surface area contributed by atoms with Gasteiger partial charge in [-0.3, -0.25) is 4.79 Å². The molecule has 39 heavy (non-hydrogen) atoms. The average molecular weight is 563 g/mol. The van der Waals surface area contributed by atoms with Crippen LogP contribution < -0.4 is 9.16 Å². The molecule has 2 aliphatic rings. The molecule has 2 N–H and O–H groups in total. The van der Waals surface area contributed by atoms with Gasteiger partial charge in [0.05, 0.1) is 32.3 Å². The third kappa shape index (κ3) is 5.81. The fraction of sp³-hybridized carbons (Fsp3) is 0.710. The van der Waals surface area contributed by atoms with Crippen LogP contribution in [0.5, 0.6) is 11.5 Å². The predicted molar refractivity (Wildman–Crippen MR) is 156 cm³/mol. The number of aryl methyl sites for hydroxylation is 1. The van der Waals surface area contributed by atoms with E-state index in [0.29, 0.717) is 18.8 Å². The summed E-state index contributed by atoms with van der Waals surface area (Å²) in [6.45, 7) is 23.1. The molecule has 0 aromatic heterocycles. The molecule has 8 heteroatoms. The van der Waals surface area contributed by atoms with Crippen molar-refractivity contribution in [3.05, 3.63) is 34.4 Å². The van der Waals surface area contributed by atoms with E-state index in [2.05, 4.69) is 33.9 Å². The van der Waals surface area contributed by atoms with Gasteiger partial charge < -0.3 is 28.8 Å². The van der Waals surface area contributed by atoms with E-state index in [9.17, 15) is 15.0 Å². The molecular formula is C31H50O7Si. The highest BCUT2D eigenvalue weighted by molar-refractivity contribution is 6.74. The Bertz CT molecular complexity index is 1130. The lowest BCUT2D eigenvalue weighted by atomic mass is 9.51. The molecule has 1 aromatic carbocycles. The summed E-state index contributed by atoms with van der Waals surface area (Å²) in [6, 6.07) is 3.98. The maximum atomic E-state index is 12.2. The molecule has 0 saturated carbocycles. The largest absolute Gasteiger partial charge is 0.541 e. The van der Waals surface area contributed by atoms with Crippen LogP contribution in [0.15, 0.2) is 23.3 Å². The Labute approximate surface area is 236 Å². The first-order valence-corrected chi connectivity index (χ1v) is 16.9. The van der Waals surface area contributed by atoms with Gasteiger partial charge in [-0.05, 0) is 63.4 Å². The van der Waals surface area contributed by atoms with Crippen LogP contribution >= 0.6 is 0 Å². The third-order valence-electron chi connectivity index (χ3n) is 9.67. The number of rotatable bonds is 8. The molecule has 1 fully saturated rings. The number of methoxy groups -OCH3 is 1. The smallest absolute Gasteiger partial charge is 0.304 e. The minimum Gasteiger partial charge on any atom is -0.541 e. The van der Waals surface area contributed by atoms with Gasteiger partial charge in [0, 0.05) is 22.8 Å². The third-order valence-corrected chi connectivity index (χ3v) is 14.0. The molecule has 0 amide bonds. The first-order valence-electron chi connectivity index (χ1n) is 14.0. The van der Waals surface area contributed by atoms with Crippen molar-refractivity contribution in [2.75, 3.05) is 13.7 Å². The van der Waals surface area contributed by atoms with Crippen LogP contribution in [0.3, 0.4) is 0 Å². The van der Waals surface area contributed by atoms with E-state index in [0.717, 1.165) is 28.0 Å². The lowest BCUT2D eigenvalue weighted by Crippen LogP contribution is -2.62. The number of fused-ring (bicyclic) bond motifs is 1. The lowest BCUT2D eigenvalue weighted by Gasteiger charge is -2.60. The summed E-state index contributed by atoms with van der Waals surface area (Å²) in [5, 5.41) is 21.9. The molecule has 1 aliphatic heterocycles. The van der Waals surface area contributed by atoms with Crippen molar-refractivity contribution in [3.8, 4) is 11.5 Å². The zero-order valence-electron chi connectivity index (χ0n) is 26.1. The van der Waals surface area contributed by atoms with Crippen molar-refractivity contribution in [3.63, 3.8) is 0 Å².